The molecule has 0 aliphatic heterocycles. The molecule has 3 heteroatoms. The van der Waals surface area contributed by atoms with Gasteiger partial charge in [-0.25, -0.2) is 0 Å². The Morgan fingerprint density at radius 3 is 2.74 bits per heavy atom. The van der Waals surface area contributed by atoms with Gasteiger partial charge in [0.15, 0.2) is 0 Å². The third kappa shape index (κ3) is 2.79. The Bertz CT molecular complexity index is 617. The Morgan fingerprint density at radius 1 is 1.32 bits per heavy atom. The van der Waals surface area contributed by atoms with E-state index in [4.69, 9.17) is 11.0 Å². The Labute approximate surface area is 114 Å². The molecule has 98 valence electrons. The number of benzene rings is 1. The molecule has 0 amide bonds. The van der Waals surface area contributed by atoms with Crippen LogP contribution in [0.2, 0.25) is 0 Å². The monoisotopic (exact) mass is 253 g/mol. The van der Waals surface area contributed by atoms with Crippen molar-refractivity contribution >= 4 is 5.69 Å². The van der Waals surface area contributed by atoms with Crippen molar-refractivity contribution in [1.29, 1.82) is 5.26 Å². The molecule has 0 atom stereocenters. The smallest absolute Gasteiger partial charge is 0.122 e. The third-order valence-electron chi connectivity index (χ3n) is 3.26. The molecule has 19 heavy (non-hydrogen) atoms. The number of nitrogen functional groups attached to an aromatic ring is 1. The van der Waals surface area contributed by atoms with Crippen molar-refractivity contribution in [2.75, 3.05) is 5.73 Å². The van der Waals surface area contributed by atoms with Gasteiger partial charge in [-0.1, -0.05) is 36.8 Å². The minimum Gasteiger partial charge on any atom is -0.397 e. The van der Waals surface area contributed by atoms with Crippen molar-refractivity contribution in [2.24, 2.45) is 0 Å². The van der Waals surface area contributed by atoms with Gasteiger partial charge in [0.2, 0.25) is 0 Å². The minimum atomic E-state index is 0.655. The zero-order valence-electron chi connectivity index (χ0n) is 11.5. The van der Waals surface area contributed by atoms with E-state index in [1.54, 1.807) is 6.07 Å². The highest BCUT2D eigenvalue weighted by Crippen LogP contribution is 2.22. The summed E-state index contributed by atoms with van der Waals surface area (Å²) in [5.41, 5.74) is 10.9. The quantitative estimate of drug-likeness (QED) is 0.909. The Hall–Kier alpha value is -2.21. The molecule has 0 aliphatic rings. The van der Waals surface area contributed by atoms with Gasteiger partial charge >= 0.3 is 0 Å². The van der Waals surface area contributed by atoms with Crippen LogP contribution < -0.4 is 5.73 Å². The maximum absolute atomic E-state index is 9.17. The molecule has 0 saturated carbocycles. The van der Waals surface area contributed by atoms with E-state index in [1.165, 1.54) is 11.1 Å². The number of hydrogen-bond acceptors (Lipinski definition) is 2. The Morgan fingerprint density at radius 2 is 2.11 bits per heavy atom. The fourth-order valence-corrected chi connectivity index (χ4v) is 2.39. The first kappa shape index (κ1) is 13.2. The summed E-state index contributed by atoms with van der Waals surface area (Å²) in [5, 5.41) is 9.17. The number of aryl methyl sites for hydroxylation is 1. The number of anilines is 1. The summed E-state index contributed by atoms with van der Waals surface area (Å²) in [5.74, 6) is 0. The van der Waals surface area contributed by atoms with Gasteiger partial charge in [-0.15, -0.1) is 0 Å². The second-order valence-corrected chi connectivity index (χ2v) is 4.86. The van der Waals surface area contributed by atoms with E-state index in [-0.39, 0.29) is 0 Å². The van der Waals surface area contributed by atoms with E-state index in [9.17, 15) is 0 Å². The van der Waals surface area contributed by atoms with Crippen LogP contribution >= 0.6 is 0 Å². The molecule has 0 aliphatic carbocycles. The number of aromatic nitrogens is 1. The number of rotatable bonds is 4. The SMILES string of the molecule is CCCn1c(C#N)cc(N)c1Cc1cccc(C)c1. The van der Waals surface area contributed by atoms with Crippen molar-refractivity contribution in [3.05, 3.63) is 52.8 Å². The zero-order chi connectivity index (χ0) is 13.8. The molecule has 1 aromatic carbocycles. The van der Waals surface area contributed by atoms with E-state index >= 15 is 0 Å². The van der Waals surface area contributed by atoms with Crippen molar-refractivity contribution in [3.63, 3.8) is 0 Å². The lowest BCUT2D eigenvalue weighted by Crippen LogP contribution is -2.07. The molecule has 0 radical (unpaired) electrons. The number of nitrogens with zero attached hydrogens (tertiary/aromatic N) is 2. The van der Waals surface area contributed by atoms with Gasteiger partial charge in [0, 0.05) is 18.7 Å². The molecule has 0 spiro atoms. The third-order valence-corrected chi connectivity index (χ3v) is 3.26. The predicted octanol–water partition coefficient (Wildman–Crippen LogP) is 3.25. The molecule has 0 bridgehead atoms. The second-order valence-electron chi connectivity index (χ2n) is 4.86. The summed E-state index contributed by atoms with van der Waals surface area (Å²) in [7, 11) is 0. The van der Waals surface area contributed by atoms with Crippen molar-refractivity contribution < 1.29 is 0 Å². The highest BCUT2D eigenvalue weighted by Gasteiger charge is 2.12. The molecule has 1 aromatic heterocycles. The van der Waals surface area contributed by atoms with Crippen LogP contribution in [0, 0.1) is 18.3 Å². The second kappa shape index (κ2) is 5.62. The van der Waals surface area contributed by atoms with Crippen LogP contribution in [0.3, 0.4) is 0 Å². The van der Waals surface area contributed by atoms with Gasteiger partial charge < -0.3 is 10.3 Å². The summed E-state index contributed by atoms with van der Waals surface area (Å²) in [6, 6.07) is 12.4. The van der Waals surface area contributed by atoms with Crippen molar-refractivity contribution in [2.45, 2.75) is 33.2 Å². The molecule has 0 saturated heterocycles. The van der Waals surface area contributed by atoms with Gasteiger partial charge in [-0.2, -0.15) is 5.26 Å². The first-order valence-corrected chi connectivity index (χ1v) is 6.59. The molecular formula is C16H19N3. The van der Waals surface area contributed by atoms with Gasteiger partial charge in [0.05, 0.1) is 5.69 Å². The van der Waals surface area contributed by atoms with Crippen LogP contribution in [0.5, 0.6) is 0 Å². The van der Waals surface area contributed by atoms with E-state index in [2.05, 4.69) is 44.2 Å². The standard InChI is InChI=1S/C16H19N3/c1-3-7-19-14(11-17)10-15(18)16(19)9-13-6-4-5-12(2)8-13/h4-6,8,10H,3,7,9,18H2,1-2H3. The minimum absolute atomic E-state index is 0.655. The summed E-state index contributed by atoms with van der Waals surface area (Å²) in [6.45, 7) is 5.02. The fourth-order valence-electron chi connectivity index (χ4n) is 2.39. The Balaban J connectivity index is 2.39. The van der Waals surface area contributed by atoms with Crippen LogP contribution in [-0.4, -0.2) is 4.57 Å². The van der Waals surface area contributed by atoms with Crippen LogP contribution in [0.25, 0.3) is 0 Å². The maximum Gasteiger partial charge on any atom is 0.122 e. The molecule has 2 rings (SSSR count). The topological polar surface area (TPSA) is 54.7 Å². The summed E-state index contributed by atoms with van der Waals surface area (Å²) >= 11 is 0. The highest BCUT2D eigenvalue weighted by atomic mass is 15.0. The van der Waals surface area contributed by atoms with Crippen molar-refractivity contribution in [1.82, 2.24) is 4.57 Å². The lowest BCUT2D eigenvalue weighted by atomic mass is 10.1. The molecule has 1 heterocycles. The molecule has 2 N–H and O–H groups in total. The highest BCUT2D eigenvalue weighted by molar-refractivity contribution is 5.52. The van der Waals surface area contributed by atoms with E-state index < -0.39 is 0 Å². The molecule has 2 aromatic rings. The molecule has 0 fully saturated rings. The average molecular weight is 253 g/mol. The number of hydrogen-bond donors (Lipinski definition) is 1. The lowest BCUT2D eigenvalue weighted by molar-refractivity contribution is 0.650. The van der Waals surface area contributed by atoms with E-state index in [0.717, 1.165) is 25.1 Å². The van der Waals surface area contributed by atoms with Gasteiger partial charge in [0.25, 0.3) is 0 Å². The zero-order valence-corrected chi connectivity index (χ0v) is 11.5. The average Bonchev–Trinajstić information content (AvgIpc) is 2.67. The lowest BCUT2D eigenvalue weighted by Gasteiger charge is -2.10. The van der Waals surface area contributed by atoms with E-state index in [0.29, 0.717) is 11.4 Å². The summed E-state index contributed by atoms with van der Waals surface area (Å²) < 4.78 is 2.04. The summed E-state index contributed by atoms with van der Waals surface area (Å²) in [6.07, 6.45) is 1.76. The number of nitrogens with two attached hydrogens (primary N) is 1. The molecule has 3 nitrogen and oxygen atoms in total. The van der Waals surface area contributed by atoms with Gasteiger partial charge in [-0.3, -0.25) is 0 Å². The number of nitriles is 1. The van der Waals surface area contributed by atoms with E-state index in [1.807, 2.05) is 4.57 Å². The van der Waals surface area contributed by atoms with Crippen molar-refractivity contribution in [3.8, 4) is 6.07 Å². The maximum atomic E-state index is 9.17. The van der Waals surface area contributed by atoms with Crippen LogP contribution in [-0.2, 0) is 13.0 Å². The molecule has 0 unspecified atom stereocenters. The summed E-state index contributed by atoms with van der Waals surface area (Å²) in [4.78, 5) is 0. The van der Waals surface area contributed by atoms with Gasteiger partial charge in [0.1, 0.15) is 11.8 Å². The first-order valence-electron chi connectivity index (χ1n) is 6.59. The molecular weight excluding hydrogens is 234 g/mol. The Kier molecular flexibility index (Phi) is 3.91. The van der Waals surface area contributed by atoms with Crippen LogP contribution in [0.4, 0.5) is 5.69 Å². The predicted molar refractivity (Wildman–Crippen MR) is 77.8 cm³/mol. The largest absolute Gasteiger partial charge is 0.397 e. The fraction of sp³-hybridized carbons (Fsp3) is 0.312. The van der Waals surface area contributed by atoms with Crippen LogP contribution in [0.15, 0.2) is 30.3 Å². The van der Waals surface area contributed by atoms with Gasteiger partial charge in [-0.05, 0) is 25.0 Å². The van der Waals surface area contributed by atoms with Crippen LogP contribution in [0.1, 0.15) is 35.9 Å². The first-order chi connectivity index (χ1) is 9.15. The normalized spacial score (nSPS) is 10.4.